The Morgan fingerprint density at radius 2 is 2.13 bits per heavy atom. The van der Waals surface area contributed by atoms with Crippen molar-refractivity contribution in [1.29, 1.82) is 0 Å². The molecule has 154 valence electrons. The molecular weight excluding hydrogens is 412 g/mol. The van der Waals surface area contributed by atoms with Crippen LogP contribution in [-0.2, 0) is 13.1 Å². The highest BCUT2D eigenvalue weighted by Crippen LogP contribution is 2.41. The first-order chi connectivity index (χ1) is 14.5. The maximum Gasteiger partial charge on any atom is 0.0934 e. The molecular formula is C24H25ClN4S. The summed E-state index contributed by atoms with van der Waals surface area (Å²) < 4.78 is 0.849. The quantitative estimate of drug-likeness (QED) is 0.549. The van der Waals surface area contributed by atoms with Gasteiger partial charge in [-0.25, -0.2) is 0 Å². The number of nitrogens with two attached hydrogens (primary N) is 1. The average Bonchev–Trinajstić information content (AvgIpc) is 3.11. The van der Waals surface area contributed by atoms with Crippen molar-refractivity contribution in [3.63, 3.8) is 0 Å². The number of halogens is 1. The van der Waals surface area contributed by atoms with Gasteiger partial charge in [-0.1, -0.05) is 41.9 Å². The highest BCUT2D eigenvalue weighted by molar-refractivity contribution is 7.16. The maximum absolute atomic E-state index is 6.38. The van der Waals surface area contributed by atoms with Gasteiger partial charge in [0.2, 0.25) is 0 Å². The fourth-order valence-electron chi connectivity index (χ4n) is 3.98. The molecule has 1 atom stereocenters. The Balaban J connectivity index is 1.71. The van der Waals surface area contributed by atoms with Crippen LogP contribution in [0, 0.1) is 0 Å². The SMILES string of the molecule is C/C(N)=C(/C=NCc1cccnc1)c1ccccc1[C@@H]1CN(C)Cc2sc(Cl)cc21. The van der Waals surface area contributed by atoms with Crippen molar-refractivity contribution in [3.8, 4) is 0 Å². The van der Waals surface area contributed by atoms with Crippen molar-refractivity contribution >= 4 is 34.7 Å². The van der Waals surface area contributed by atoms with Crippen LogP contribution < -0.4 is 5.73 Å². The van der Waals surface area contributed by atoms with Crippen LogP contribution in [0.4, 0.5) is 0 Å². The van der Waals surface area contributed by atoms with Crippen LogP contribution in [0.1, 0.15) is 40.0 Å². The zero-order valence-electron chi connectivity index (χ0n) is 17.2. The minimum atomic E-state index is 0.250. The molecule has 0 amide bonds. The van der Waals surface area contributed by atoms with E-state index in [1.165, 1.54) is 16.0 Å². The summed E-state index contributed by atoms with van der Waals surface area (Å²) in [4.78, 5) is 12.5. The smallest absolute Gasteiger partial charge is 0.0934 e. The number of nitrogens with zero attached hydrogens (tertiary/aromatic N) is 3. The van der Waals surface area contributed by atoms with Gasteiger partial charge < -0.3 is 10.6 Å². The van der Waals surface area contributed by atoms with Crippen LogP contribution in [-0.4, -0.2) is 29.7 Å². The van der Waals surface area contributed by atoms with Crippen LogP contribution in [0.3, 0.4) is 0 Å². The predicted molar refractivity (Wildman–Crippen MR) is 127 cm³/mol. The molecule has 0 fully saturated rings. The Kier molecular flexibility index (Phi) is 6.32. The Morgan fingerprint density at radius 1 is 1.30 bits per heavy atom. The molecule has 1 aromatic carbocycles. The molecule has 1 aliphatic heterocycles. The molecule has 1 aliphatic rings. The zero-order chi connectivity index (χ0) is 21.1. The second kappa shape index (κ2) is 9.13. The van der Waals surface area contributed by atoms with Crippen molar-refractivity contribution < 1.29 is 0 Å². The largest absolute Gasteiger partial charge is 0.402 e. The number of aromatic nitrogens is 1. The summed E-state index contributed by atoms with van der Waals surface area (Å²) in [5.41, 5.74) is 12.8. The molecule has 0 unspecified atom stereocenters. The number of pyridine rings is 1. The van der Waals surface area contributed by atoms with Gasteiger partial charge in [-0.3, -0.25) is 9.98 Å². The van der Waals surface area contributed by atoms with E-state index >= 15 is 0 Å². The van der Waals surface area contributed by atoms with Gasteiger partial charge in [0, 0.05) is 53.8 Å². The summed E-state index contributed by atoms with van der Waals surface area (Å²) in [5, 5.41) is 0. The van der Waals surface area contributed by atoms with Gasteiger partial charge in [-0.15, -0.1) is 11.3 Å². The summed E-state index contributed by atoms with van der Waals surface area (Å²) >= 11 is 8.05. The van der Waals surface area contributed by atoms with E-state index in [9.17, 15) is 0 Å². The standard InChI is InChI=1S/C24H25ClN4S/c1-16(26)21(13-28-12-17-6-5-9-27-11-17)18-7-3-4-8-19(18)22-14-29(2)15-23-20(22)10-24(25)30-23/h3-11,13,22H,12,14-15,26H2,1-2H3/b21-16+,28-13?/t22-/m0/s1. The third-order valence-corrected chi connectivity index (χ3v) is 6.63. The molecule has 2 N–H and O–H groups in total. The lowest BCUT2D eigenvalue weighted by molar-refractivity contribution is 0.299. The van der Waals surface area contributed by atoms with Crippen molar-refractivity contribution in [3.05, 3.63) is 92.0 Å². The fourth-order valence-corrected chi connectivity index (χ4v) is 5.40. The molecule has 4 nitrogen and oxygen atoms in total. The van der Waals surface area contributed by atoms with E-state index in [0.29, 0.717) is 6.54 Å². The summed E-state index contributed by atoms with van der Waals surface area (Å²) in [6.45, 7) is 4.39. The minimum absolute atomic E-state index is 0.250. The van der Waals surface area contributed by atoms with Gasteiger partial charge in [0.1, 0.15) is 0 Å². The van der Waals surface area contributed by atoms with E-state index in [1.54, 1.807) is 17.5 Å². The number of hydrogen-bond acceptors (Lipinski definition) is 5. The van der Waals surface area contributed by atoms with Crippen molar-refractivity contribution in [2.45, 2.75) is 25.9 Å². The highest BCUT2D eigenvalue weighted by atomic mass is 35.5. The van der Waals surface area contributed by atoms with E-state index in [2.05, 4.69) is 52.3 Å². The molecule has 3 aromatic rings. The number of hydrogen-bond donors (Lipinski definition) is 1. The van der Waals surface area contributed by atoms with Crippen molar-refractivity contribution in [1.82, 2.24) is 9.88 Å². The van der Waals surface area contributed by atoms with E-state index in [0.717, 1.165) is 39.8 Å². The third kappa shape index (κ3) is 4.48. The lowest BCUT2D eigenvalue weighted by Crippen LogP contribution is -2.30. The third-order valence-electron chi connectivity index (χ3n) is 5.36. The molecule has 0 aliphatic carbocycles. The van der Waals surface area contributed by atoms with Crippen molar-refractivity contribution in [2.24, 2.45) is 10.7 Å². The number of fused-ring (bicyclic) bond motifs is 1. The second-order valence-electron chi connectivity index (χ2n) is 7.69. The predicted octanol–water partition coefficient (Wildman–Crippen LogP) is 5.33. The molecule has 4 rings (SSSR count). The van der Waals surface area contributed by atoms with Gasteiger partial charge in [-0.05, 0) is 48.4 Å². The molecule has 0 radical (unpaired) electrons. The number of benzene rings is 1. The first kappa shape index (κ1) is 20.8. The fraction of sp³-hybridized carbons (Fsp3) is 0.250. The lowest BCUT2D eigenvalue weighted by Gasteiger charge is -2.31. The molecule has 0 bridgehead atoms. The summed E-state index contributed by atoms with van der Waals surface area (Å²) in [5.74, 6) is 0.250. The second-order valence-corrected chi connectivity index (χ2v) is 9.46. The minimum Gasteiger partial charge on any atom is -0.402 e. The first-order valence-corrected chi connectivity index (χ1v) is 11.1. The maximum atomic E-state index is 6.38. The molecule has 0 spiro atoms. The van der Waals surface area contributed by atoms with Gasteiger partial charge >= 0.3 is 0 Å². The highest BCUT2D eigenvalue weighted by Gasteiger charge is 2.29. The molecule has 2 aromatic heterocycles. The van der Waals surface area contributed by atoms with Crippen LogP contribution in [0.5, 0.6) is 0 Å². The molecule has 0 saturated heterocycles. The van der Waals surface area contributed by atoms with Crippen LogP contribution in [0.2, 0.25) is 4.34 Å². The number of aliphatic imine (C=N–C) groups is 1. The van der Waals surface area contributed by atoms with E-state index < -0.39 is 0 Å². The first-order valence-electron chi connectivity index (χ1n) is 9.94. The van der Waals surface area contributed by atoms with Crippen LogP contribution in [0.25, 0.3) is 5.57 Å². The summed E-state index contributed by atoms with van der Waals surface area (Å²) in [6.07, 6.45) is 5.50. The lowest BCUT2D eigenvalue weighted by atomic mass is 9.84. The van der Waals surface area contributed by atoms with Gasteiger partial charge in [0.05, 0.1) is 10.9 Å². The average molecular weight is 437 g/mol. The van der Waals surface area contributed by atoms with Crippen molar-refractivity contribution in [2.75, 3.05) is 13.6 Å². The van der Waals surface area contributed by atoms with Gasteiger partial charge in [-0.2, -0.15) is 0 Å². The normalized spacial score (nSPS) is 17.8. The van der Waals surface area contributed by atoms with E-state index in [1.807, 2.05) is 31.5 Å². The zero-order valence-corrected chi connectivity index (χ0v) is 18.7. The molecule has 30 heavy (non-hydrogen) atoms. The number of likely N-dealkylation sites (N-methyl/N-ethyl adjacent to an activating group) is 1. The monoisotopic (exact) mass is 436 g/mol. The Morgan fingerprint density at radius 3 is 2.90 bits per heavy atom. The molecule has 6 heteroatoms. The summed E-state index contributed by atoms with van der Waals surface area (Å²) in [7, 11) is 2.16. The van der Waals surface area contributed by atoms with Crippen LogP contribution in [0.15, 0.2) is 65.5 Å². The number of rotatable bonds is 5. The number of thiophene rings is 1. The van der Waals surface area contributed by atoms with E-state index in [4.69, 9.17) is 17.3 Å². The Hall–Kier alpha value is -2.47. The summed E-state index contributed by atoms with van der Waals surface area (Å²) in [6, 6.07) is 14.6. The Bertz CT molecular complexity index is 1080. The van der Waals surface area contributed by atoms with E-state index in [-0.39, 0.29) is 5.92 Å². The number of allylic oxidation sites excluding steroid dienone is 2. The van der Waals surface area contributed by atoms with Gasteiger partial charge in [0.15, 0.2) is 0 Å². The Labute approximate surface area is 186 Å². The molecule has 0 saturated carbocycles. The van der Waals surface area contributed by atoms with Gasteiger partial charge in [0.25, 0.3) is 0 Å². The molecule has 3 heterocycles. The topological polar surface area (TPSA) is 54.5 Å². The van der Waals surface area contributed by atoms with Crippen LogP contribution >= 0.6 is 22.9 Å².